The number of carbonyl (C=O) groups excluding carboxylic acids is 2. The molecule has 1 aliphatic carbocycles. The Bertz CT molecular complexity index is 897. The molecular weight excluding hydrogens is 368 g/mol. The van der Waals surface area contributed by atoms with E-state index >= 15 is 0 Å². The number of halogens is 1. The zero-order chi connectivity index (χ0) is 19.6. The van der Waals surface area contributed by atoms with E-state index in [4.69, 9.17) is 20.8 Å². The van der Waals surface area contributed by atoms with Gasteiger partial charge in [0.25, 0.3) is 5.91 Å². The molecular formula is C20H21ClN2O4. The normalized spacial score (nSPS) is 14.9. The van der Waals surface area contributed by atoms with Crippen LogP contribution in [0.2, 0.25) is 5.02 Å². The van der Waals surface area contributed by atoms with Crippen LogP contribution in [-0.4, -0.2) is 23.7 Å². The van der Waals surface area contributed by atoms with Crippen molar-refractivity contribution in [1.82, 2.24) is 5.43 Å². The second-order valence-electron chi connectivity index (χ2n) is 6.67. The first-order chi connectivity index (χ1) is 12.9. The number of nitrogens with one attached hydrogen (secondary N) is 1. The molecule has 0 bridgehead atoms. The molecule has 0 spiro atoms. The second-order valence-corrected chi connectivity index (χ2v) is 7.10. The highest BCUT2D eigenvalue weighted by atomic mass is 35.5. The van der Waals surface area contributed by atoms with Crippen molar-refractivity contribution in [2.24, 2.45) is 5.10 Å². The van der Waals surface area contributed by atoms with Crippen molar-refractivity contribution in [2.75, 3.05) is 0 Å². The van der Waals surface area contributed by atoms with Crippen LogP contribution < -0.4 is 5.43 Å². The number of hydrogen-bond donors (Lipinski definition) is 1. The zero-order valence-electron chi connectivity index (χ0n) is 15.5. The molecule has 1 aromatic carbocycles. The quantitative estimate of drug-likeness (QED) is 0.626. The fourth-order valence-electron chi connectivity index (χ4n) is 3.03. The first-order valence-electron chi connectivity index (χ1n) is 8.83. The predicted octanol–water partition coefficient (Wildman–Crippen LogP) is 4.28. The van der Waals surface area contributed by atoms with Crippen molar-refractivity contribution >= 4 is 29.2 Å². The average Bonchev–Trinajstić information content (AvgIpc) is 2.97. The Hall–Kier alpha value is -2.60. The standard InChI is InChI=1S/C20H21ClN2O4/c1-11(2)26-20(25)18-12(3)17-15(5-4-6-16(17)27-18)22-23-19(24)13-7-9-14(21)10-8-13/h7-11H,4-6H2,1-3H3,(H,23,24)/b22-15+. The molecule has 27 heavy (non-hydrogen) atoms. The molecule has 1 aliphatic rings. The number of rotatable bonds is 4. The fraction of sp³-hybridized carbons (Fsp3) is 0.350. The summed E-state index contributed by atoms with van der Waals surface area (Å²) in [4.78, 5) is 24.5. The smallest absolute Gasteiger partial charge is 0.374 e. The van der Waals surface area contributed by atoms with E-state index < -0.39 is 5.97 Å². The highest BCUT2D eigenvalue weighted by Crippen LogP contribution is 2.30. The lowest BCUT2D eigenvalue weighted by Gasteiger charge is -2.13. The maximum Gasteiger partial charge on any atom is 0.374 e. The molecule has 0 unspecified atom stereocenters. The summed E-state index contributed by atoms with van der Waals surface area (Å²) in [5.41, 5.74) is 5.21. The summed E-state index contributed by atoms with van der Waals surface area (Å²) >= 11 is 5.84. The van der Waals surface area contributed by atoms with E-state index in [0.29, 0.717) is 34.0 Å². The molecule has 0 radical (unpaired) electrons. The van der Waals surface area contributed by atoms with Gasteiger partial charge in [0.1, 0.15) is 5.76 Å². The summed E-state index contributed by atoms with van der Waals surface area (Å²) in [6.45, 7) is 5.38. The van der Waals surface area contributed by atoms with E-state index in [1.165, 1.54) is 0 Å². The maximum atomic E-state index is 12.3. The van der Waals surface area contributed by atoms with Gasteiger partial charge in [0.05, 0.1) is 11.8 Å². The van der Waals surface area contributed by atoms with Crippen LogP contribution in [0.5, 0.6) is 0 Å². The van der Waals surface area contributed by atoms with Crippen LogP contribution in [0.1, 0.15) is 64.5 Å². The third kappa shape index (κ3) is 4.22. The van der Waals surface area contributed by atoms with Crippen molar-refractivity contribution in [1.29, 1.82) is 0 Å². The van der Waals surface area contributed by atoms with Gasteiger partial charge >= 0.3 is 5.97 Å². The van der Waals surface area contributed by atoms with Gasteiger partial charge in [-0.1, -0.05) is 11.6 Å². The number of benzene rings is 1. The fourth-order valence-corrected chi connectivity index (χ4v) is 3.15. The number of aryl methyl sites for hydroxylation is 1. The Labute approximate surface area is 162 Å². The van der Waals surface area contributed by atoms with E-state index in [1.54, 1.807) is 45.0 Å². The summed E-state index contributed by atoms with van der Waals surface area (Å²) in [6.07, 6.45) is 2.00. The molecule has 1 amide bonds. The Morgan fingerprint density at radius 3 is 2.59 bits per heavy atom. The van der Waals surface area contributed by atoms with Crippen LogP contribution in [0, 0.1) is 6.92 Å². The topological polar surface area (TPSA) is 80.9 Å². The Balaban J connectivity index is 1.84. The van der Waals surface area contributed by atoms with Gasteiger partial charge in [-0.25, -0.2) is 10.2 Å². The lowest BCUT2D eigenvalue weighted by Crippen LogP contribution is -2.22. The van der Waals surface area contributed by atoms with E-state index in [2.05, 4.69) is 10.5 Å². The first-order valence-corrected chi connectivity index (χ1v) is 9.20. The van der Waals surface area contributed by atoms with Gasteiger partial charge in [-0.2, -0.15) is 5.10 Å². The minimum absolute atomic E-state index is 0.201. The molecule has 0 fully saturated rings. The lowest BCUT2D eigenvalue weighted by molar-refractivity contribution is 0.0338. The molecule has 1 N–H and O–H groups in total. The number of nitrogens with zero attached hydrogens (tertiary/aromatic N) is 1. The minimum Gasteiger partial charge on any atom is -0.457 e. The highest BCUT2D eigenvalue weighted by molar-refractivity contribution is 6.30. The van der Waals surface area contributed by atoms with Crippen LogP contribution >= 0.6 is 11.6 Å². The van der Waals surface area contributed by atoms with Crippen LogP contribution in [-0.2, 0) is 11.2 Å². The number of carbonyl (C=O) groups is 2. The van der Waals surface area contributed by atoms with Gasteiger partial charge < -0.3 is 9.15 Å². The molecule has 1 aromatic heterocycles. The predicted molar refractivity (Wildman–Crippen MR) is 102 cm³/mol. The van der Waals surface area contributed by atoms with Gasteiger partial charge in [0.15, 0.2) is 0 Å². The van der Waals surface area contributed by atoms with Gasteiger partial charge in [0, 0.05) is 28.1 Å². The third-order valence-corrected chi connectivity index (χ3v) is 4.50. The minimum atomic E-state index is -0.485. The SMILES string of the molecule is Cc1c(C(=O)OC(C)C)oc2c1/C(=N/NC(=O)c1ccc(Cl)cc1)CCC2. The largest absolute Gasteiger partial charge is 0.457 e. The van der Waals surface area contributed by atoms with E-state index in [-0.39, 0.29) is 17.8 Å². The first kappa shape index (κ1) is 19.2. The van der Waals surface area contributed by atoms with Crippen molar-refractivity contribution in [3.8, 4) is 0 Å². The number of amides is 1. The van der Waals surface area contributed by atoms with Gasteiger partial charge in [-0.15, -0.1) is 0 Å². The number of fused-ring (bicyclic) bond motifs is 1. The van der Waals surface area contributed by atoms with Crippen LogP contribution in [0.3, 0.4) is 0 Å². The lowest BCUT2D eigenvalue weighted by atomic mass is 9.93. The Kier molecular flexibility index (Phi) is 5.65. The summed E-state index contributed by atoms with van der Waals surface area (Å²) in [5, 5.41) is 4.85. The highest BCUT2D eigenvalue weighted by Gasteiger charge is 2.29. The number of ether oxygens (including phenoxy) is 1. The van der Waals surface area contributed by atoms with Crippen molar-refractivity contribution in [3.63, 3.8) is 0 Å². The summed E-state index contributed by atoms with van der Waals surface area (Å²) in [5.74, 6) is 0.0922. The molecule has 0 aliphatic heterocycles. The van der Waals surface area contributed by atoms with Gasteiger partial charge in [-0.05, 0) is 57.9 Å². The van der Waals surface area contributed by atoms with Crippen LogP contribution in [0.4, 0.5) is 0 Å². The molecule has 6 nitrogen and oxygen atoms in total. The summed E-state index contributed by atoms with van der Waals surface area (Å²) in [6, 6.07) is 6.56. The van der Waals surface area contributed by atoms with Crippen molar-refractivity contribution < 1.29 is 18.7 Å². The number of hydrazone groups is 1. The molecule has 142 valence electrons. The monoisotopic (exact) mass is 388 g/mol. The van der Waals surface area contributed by atoms with E-state index in [1.807, 2.05) is 0 Å². The molecule has 7 heteroatoms. The Morgan fingerprint density at radius 2 is 1.93 bits per heavy atom. The second kappa shape index (κ2) is 7.96. The number of furan rings is 1. The molecule has 2 aromatic rings. The zero-order valence-corrected chi connectivity index (χ0v) is 16.2. The van der Waals surface area contributed by atoms with Gasteiger partial charge in [0.2, 0.25) is 5.76 Å². The summed E-state index contributed by atoms with van der Waals surface area (Å²) in [7, 11) is 0. The van der Waals surface area contributed by atoms with E-state index in [9.17, 15) is 9.59 Å². The number of esters is 1. The average molecular weight is 389 g/mol. The van der Waals surface area contributed by atoms with Crippen LogP contribution in [0.15, 0.2) is 33.8 Å². The molecule has 0 saturated carbocycles. The maximum absolute atomic E-state index is 12.3. The van der Waals surface area contributed by atoms with Gasteiger partial charge in [-0.3, -0.25) is 4.79 Å². The van der Waals surface area contributed by atoms with Crippen molar-refractivity contribution in [2.45, 2.75) is 46.1 Å². The van der Waals surface area contributed by atoms with Crippen molar-refractivity contribution in [3.05, 3.63) is 57.5 Å². The third-order valence-electron chi connectivity index (χ3n) is 4.25. The van der Waals surface area contributed by atoms with Crippen LogP contribution in [0.25, 0.3) is 0 Å². The molecule has 0 atom stereocenters. The summed E-state index contributed by atoms with van der Waals surface area (Å²) < 4.78 is 11.0. The molecule has 3 rings (SSSR count). The molecule has 0 saturated heterocycles. The molecule has 1 heterocycles. The Morgan fingerprint density at radius 1 is 1.22 bits per heavy atom. The van der Waals surface area contributed by atoms with E-state index in [0.717, 1.165) is 18.4 Å². The number of hydrogen-bond acceptors (Lipinski definition) is 5.